The third-order valence-electron chi connectivity index (χ3n) is 6.81. The molecule has 10 heteroatoms. The number of ether oxygens (including phenoxy) is 1. The molecule has 2 aromatic heterocycles. The number of anilines is 2. The number of aromatic amines is 1. The molecule has 186 valence electrons. The minimum Gasteiger partial charge on any atom is -0.496 e. The van der Waals surface area contributed by atoms with Crippen molar-refractivity contribution in [1.29, 1.82) is 0 Å². The summed E-state index contributed by atoms with van der Waals surface area (Å²) in [5.41, 5.74) is 10.6. The highest BCUT2D eigenvalue weighted by atomic mass is 35.5. The molecule has 1 fully saturated rings. The Labute approximate surface area is 212 Å². The number of imidazole rings is 1. The highest BCUT2D eigenvalue weighted by Gasteiger charge is 2.34. The molecule has 36 heavy (non-hydrogen) atoms. The number of amides is 1. The van der Waals surface area contributed by atoms with Crippen LogP contribution < -0.4 is 15.8 Å². The smallest absolute Gasteiger partial charge is 0.261 e. The molecule has 5 rings (SSSR count). The normalized spacial score (nSPS) is 17.3. The molecule has 2 unspecified atom stereocenters. The molecule has 2 heterocycles. The van der Waals surface area contributed by atoms with Crippen molar-refractivity contribution in [2.75, 3.05) is 18.2 Å². The molecule has 2 aromatic carbocycles. The van der Waals surface area contributed by atoms with Crippen LogP contribution in [0.5, 0.6) is 5.75 Å². The van der Waals surface area contributed by atoms with Crippen LogP contribution in [0.2, 0.25) is 5.02 Å². The van der Waals surface area contributed by atoms with E-state index in [1.165, 1.54) is 22.9 Å². The molecule has 1 aliphatic rings. The van der Waals surface area contributed by atoms with E-state index >= 15 is 0 Å². The van der Waals surface area contributed by atoms with Gasteiger partial charge in [-0.3, -0.25) is 9.48 Å². The zero-order valence-corrected chi connectivity index (χ0v) is 20.6. The van der Waals surface area contributed by atoms with Gasteiger partial charge in [-0.2, -0.15) is 5.10 Å². The lowest BCUT2D eigenvalue weighted by Gasteiger charge is -2.16. The van der Waals surface area contributed by atoms with Crippen molar-refractivity contribution in [3.8, 4) is 17.0 Å². The quantitative estimate of drug-likeness (QED) is 0.318. The van der Waals surface area contributed by atoms with E-state index in [4.69, 9.17) is 22.1 Å². The molecule has 0 spiro atoms. The predicted molar refractivity (Wildman–Crippen MR) is 137 cm³/mol. The lowest BCUT2D eigenvalue weighted by molar-refractivity contribution is 0.102. The molecule has 1 aliphatic carbocycles. The second kappa shape index (κ2) is 9.66. The van der Waals surface area contributed by atoms with Gasteiger partial charge in [-0.1, -0.05) is 23.7 Å². The van der Waals surface area contributed by atoms with Crippen molar-refractivity contribution in [3.63, 3.8) is 0 Å². The maximum absolute atomic E-state index is 13.5. The summed E-state index contributed by atoms with van der Waals surface area (Å²) < 4.78 is 20.8. The standard InChI is InChI=1S/C26H26ClFN6O2/c1-34-25(29)23(26(35)32-17-6-8-20(28)19(27)11-17)24(33-34)16-4-3-14(9-16)18-7-5-15(10-22(18)36-2)21-12-30-13-31-21/h5-8,10-14,16H,3-4,9,29H2,1-2H3,(H,30,31)(H,32,35). The summed E-state index contributed by atoms with van der Waals surface area (Å²) in [7, 11) is 3.39. The average molecular weight is 509 g/mol. The van der Waals surface area contributed by atoms with Gasteiger partial charge < -0.3 is 20.8 Å². The third-order valence-corrected chi connectivity index (χ3v) is 7.10. The monoisotopic (exact) mass is 508 g/mol. The van der Waals surface area contributed by atoms with Crippen molar-refractivity contribution >= 4 is 29.0 Å². The topological polar surface area (TPSA) is 111 Å². The van der Waals surface area contributed by atoms with Crippen molar-refractivity contribution in [1.82, 2.24) is 19.7 Å². The number of benzene rings is 2. The van der Waals surface area contributed by atoms with Gasteiger partial charge in [0.2, 0.25) is 0 Å². The number of aromatic nitrogens is 4. The zero-order chi connectivity index (χ0) is 25.4. The number of carbonyl (C=O) groups is 1. The number of nitrogens with two attached hydrogens (primary N) is 1. The van der Waals surface area contributed by atoms with Crippen molar-refractivity contribution in [2.24, 2.45) is 7.05 Å². The van der Waals surface area contributed by atoms with Crippen molar-refractivity contribution < 1.29 is 13.9 Å². The van der Waals surface area contributed by atoms with Gasteiger partial charge in [0.05, 0.1) is 29.8 Å². The van der Waals surface area contributed by atoms with E-state index in [9.17, 15) is 9.18 Å². The van der Waals surface area contributed by atoms with Gasteiger partial charge in [-0.25, -0.2) is 9.37 Å². The molecule has 2 atom stereocenters. The maximum atomic E-state index is 13.5. The molecular weight excluding hydrogens is 483 g/mol. The number of aryl methyl sites for hydroxylation is 1. The Hall–Kier alpha value is -3.85. The van der Waals surface area contributed by atoms with E-state index < -0.39 is 11.7 Å². The first kappa shape index (κ1) is 23.9. The minimum absolute atomic E-state index is 0.0479. The summed E-state index contributed by atoms with van der Waals surface area (Å²) in [4.78, 5) is 20.5. The SMILES string of the molecule is COc1cc(-c2c[nH]cn2)ccc1C1CCC(c2nn(C)c(N)c2C(=O)Nc2ccc(F)c(Cl)c2)C1. The molecule has 4 N–H and O–H groups in total. The van der Waals surface area contributed by atoms with Gasteiger partial charge in [0, 0.05) is 30.4 Å². The second-order valence-electron chi connectivity index (χ2n) is 8.97. The number of nitrogens with one attached hydrogen (secondary N) is 2. The zero-order valence-electron chi connectivity index (χ0n) is 19.9. The van der Waals surface area contributed by atoms with Gasteiger partial charge in [0.15, 0.2) is 0 Å². The lowest BCUT2D eigenvalue weighted by Crippen LogP contribution is -2.16. The summed E-state index contributed by atoms with van der Waals surface area (Å²) in [6, 6.07) is 10.2. The molecule has 1 amide bonds. The maximum Gasteiger partial charge on any atom is 0.261 e. The van der Waals surface area contributed by atoms with Crippen LogP contribution in [0.15, 0.2) is 48.9 Å². The Morgan fingerprint density at radius 2 is 2.06 bits per heavy atom. The van der Waals surface area contributed by atoms with Crippen LogP contribution in [0.4, 0.5) is 15.9 Å². The van der Waals surface area contributed by atoms with E-state index in [2.05, 4.69) is 26.4 Å². The first-order chi connectivity index (χ1) is 17.4. The number of halogens is 2. The fourth-order valence-electron chi connectivity index (χ4n) is 4.98. The van der Waals surface area contributed by atoms with Gasteiger partial charge in [-0.05, 0) is 55.0 Å². The third kappa shape index (κ3) is 4.42. The van der Waals surface area contributed by atoms with Crippen LogP contribution in [0.1, 0.15) is 52.7 Å². The number of H-pyrrole nitrogens is 1. The largest absolute Gasteiger partial charge is 0.496 e. The summed E-state index contributed by atoms with van der Waals surface area (Å²) in [5.74, 6) is 0.427. The molecule has 0 aliphatic heterocycles. The number of nitrogen functional groups attached to an aromatic ring is 1. The van der Waals surface area contributed by atoms with Crippen LogP contribution in [0.25, 0.3) is 11.3 Å². The molecule has 0 bridgehead atoms. The first-order valence-electron chi connectivity index (χ1n) is 11.6. The average Bonchev–Trinajstić information content (AvgIpc) is 3.62. The van der Waals surface area contributed by atoms with Crippen LogP contribution in [-0.2, 0) is 7.05 Å². The van der Waals surface area contributed by atoms with Gasteiger partial charge in [0.1, 0.15) is 22.9 Å². The van der Waals surface area contributed by atoms with E-state index in [1.54, 1.807) is 20.5 Å². The number of nitrogens with zero attached hydrogens (tertiary/aromatic N) is 3. The number of hydrogen-bond acceptors (Lipinski definition) is 5. The Bertz CT molecular complexity index is 1420. The number of hydrogen-bond donors (Lipinski definition) is 3. The van der Waals surface area contributed by atoms with Crippen molar-refractivity contribution in [3.05, 3.63) is 76.6 Å². The van der Waals surface area contributed by atoms with E-state index in [0.29, 0.717) is 16.9 Å². The number of carbonyl (C=O) groups excluding carboxylic acids is 1. The molecule has 1 saturated carbocycles. The van der Waals surface area contributed by atoms with Gasteiger partial charge in [0.25, 0.3) is 5.91 Å². The first-order valence-corrected chi connectivity index (χ1v) is 12.0. The van der Waals surface area contributed by atoms with Crippen molar-refractivity contribution in [2.45, 2.75) is 31.1 Å². The highest BCUT2D eigenvalue weighted by Crippen LogP contribution is 2.47. The van der Waals surface area contributed by atoms with Gasteiger partial charge >= 0.3 is 0 Å². The second-order valence-corrected chi connectivity index (χ2v) is 9.38. The van der Waals surface area contributed by atoms with Crippen LogP contribution >= 0.6 is 11.6 Å². The molecule has 4 aromatic rings. The van der Waals surface area contributed by atoms with E-state index in [0.717, 1.165) is 41.8 Å². The van der Waals surface area contributed by atoms with Gasteiger partial charge in [-0.15, -0.1) is 0 Å². The van der Waals surface area contributed by atoms with E-state index in [-0.39, 0.29) is 22.7 Å². The molecule has 0 saturated heterocycles. The number of methoxy groups -OCH3 is 1. The lowest BCUT2D eigenvalue weighted by atomic mass is 9.92. The molecule has 0 radical (unpaired) electrons. The number of rotatable bonds is 6. The minimum atomic E-state index is -0.555. The summed E-state index contributed by atoms with van der Waals surface area (Å²) in [6.07, 6.45) is 6.07. The molecule has 8 nitrogen and oxygen atoms in total. The highest BCUT2D eigenvalue weighted by molar-refractivity contribution is 6.31. The summed E-state index contributed by atoms with van der Waals surface area (Å²) >= 11 is 5.87. The Kier molecular flexibility index (Phi) is 6.40. The predicted octanol–water partition coefficient (Wildman–Crippen LogP) is 5.50. The summed E-state index contributed by atoms with van der Waals surface area (Å²) in [6.45, 7) is 0. The van der Waals surface area contributed by atoms with Crippen LogP contribution in [0.3, 0.4) is 0 Å². The Balaban J connectivity index is 1.39. The Morgan fingerprint density at radius 1 is 1.25 bits per heavy atom. The Morgan fingerprint density at radius 3 is 2.78 bits per heavy atom. The fourth-order valence-corrected chi connectivity index (χ4v) is 5.16. The fraction of sp³-hybridized carbons (Fsp3) is 0.269. The molecular formula is C26H26ClFN6O2. The van der Waals surface area contributed by atoms with Crippen LogP contribution in [0, 0.1) is 5.82 Å². The summed E-state index contributed by atoms with van der Waals surface area (Å²) in [5, 5.41) is 7.31. The van der Waals surface area contributed by atoms with E-state index in [1.807, 2.05) is 18.3 Å². The van der Waals surface area contributed by atoms with Crippen LogP contribution in [-0.4, -0.2) is 32.8 Å².